The molecule has 0 aromatic carbocycles. The molecule has 2 N–H and O–H groups in total. The van der Waals surface area contributed by atoms with Crippen molar-refractivity contribution in [1.29, 1.82) is 0 Å². The van der Waals surface area contributed by atoms with Crippen LogP contribution in [0.5, 0.6) is 0 Å². The lowest BCUT2D eigenvalue weighted by Crippen LogP contribution is -2.71. The van der Waals surface area contributed by atoms with E-state index in [-0.39, 0.29) is 6.29 Å². The number of carbonyl (C=O) groups excluding carboxylic acids is 3. The van der Waals surface area contributed by atoms with Gasteiger partial charge in [0.1, 0.15) is 18.5 Å². The van der Waals surface area contributed by atoms with Crippen LogP contribution >= 0.6 is 0 Å². The maximum atomic E-state index is 12.2. The van der Waals surface area contributed by atoms with Gasteiger partial charge in [-0.3, -0.25) is 14.4 Å². The van der Waals surface area contributed by atoms with Gasteiger partial charge in [0.15, 0.2) is 5.60 Å². The average Bonchev–Trinajstić information content (AvgIpc) is 2.52. The minimum Gasteiger partial charge on any atom is -0.479 e. The zero-order chi connectivity index (χ0) is 20.8. The van der Waals surface area contributed by atoms with Gasteiger partial charge in [0, 0.05) is 25.3 Å². The number of aldehydes is 1. The number of esters is 2. The molecular weight excluding hydrogens is 356 g/mol. The highest BCUT2D eigenvalue weighted by Gasteiger charge is 2.71. The summed E-state index contributed by atoms with van der Waals surface area (Å²) >= 11 is 0. The zero-order valence-corrected chi connectivity index (χ0v) is 16.1. The van der Waals surface area contributed by atoms with Gasteiger partial charge in [-0.05, 0) is 24.3 Å². The van der Waals surface area contributed by atoms with Crippen molar-refractivity contribution in [3.05, 3.63) is 11.6 Å². The van der Waals surface area contributed by atoms with Gasteiger partial charge in [0.25, 0.3) is 0 Å². The molecule has 1 fully saturated rings. The fourth-order valence-corrected chi connectivity index (χ4v) is 5.07. The third kappa shape index (κ3) is 3.05. The molecular formula is C19H26O8. The summed E-state index contributed by atoms with van der Waals surface area (Å²) in [5.41, 5.74) is -5.19. The van der Waals surface area contributed by atoms with Crippen LogP contribution in [0.15, 0.2) is 11.6 Å². The fraction of sp³-hybridized carbons (Fsp3) is 0.684. The average molecular weight is 382 g/mol. The van der Waals surface area contributed by atoms with Gasteiger partial charge in [-0.1, -0.05) is 20.8 Å². The van der Waals surface area contributed by atoms with Gasteiger partial charge < -0.3 is 19.7 Å². The molecule has 5 atom stereocenters. The molecule has 8 heteroatoms. The van der Waals surface area contributed by atoms with Crippen molar-refractivity contribution in [2.45, 2.75) is 65.3 Å². The molecule has 0 bridgehead atoms. The van der Waals surface area contributed by atoms with E-state index < -0.39 is 58.0 Å². The molecule has 0 aliphatic heterocycles. The molecule has 5 unspecified atom stereocenters. The van der Waals surface area contributed by atoms with Crippen LogP contribution in [-0.2, 0) is 28.7 Å². The molecule has 0 aromatic heterocycles. The smallest absolute Gasteiger partial charge is 0.341 e. The molecule has 0 radical (unpaired) electrons. The van der Waals surface area contributed by atoms with Crippen LogP contribution in [-0.4, -0.2) is 52.2 Å². The minimum absolute atomic E-state index is 0.249. The Bertz CT molecular complexity index is 708. The van der Waals surface area contributed by atoms with E-state index in [2.05, 4.69) is 0 Å². The minimum atomic E-state index is -2.60. The van der Waals surface area contributed by atoms with Crippen molar-refractivity contribution in [3.8, 4) is 0 Å². The first-order chi connectivity index (χ1) is 12.3. The monoisotopic (exact) mass is 382 g/mol. The van der Waals surface area contributed by atoms with Crippen LogP contribution in [0.25, 0.3) is 0 Å². The molecule has 2 aliphatic carbocycles. The highest BCUT2D eigenvalue weighted by molar-refractivity contribution is 5.94. The molecule has 8 nitrogen and oxygen atoms in total. The molecule has 1 saturated carbocycles. The number of carbonyl (C=O) groups is 4. The number of carboxylic acid groups (broad SMARTS) is 1. The van der Waals surface area contributed by atoms with Gasteiger partial charge in [-0.15, -0.1) is 0 Å². The van der Waals surface area contributed by atoms with Crippen LogP contribution in [0, 0.1) is 16.7 Å². The quantitative estimate of drug-likeness (QED) is 0.549. The van der Waals surface area contributed by atoms with E-state index in [4.69, 9.17) is 9.47 Å². The van der Waals surface area contributed by atoms with E-state index in [0.717, 1.165) is 0 Å². The molecule has 27 heavy (non-hydrogen) atoms. The van der Waals surface area contributed by atoms with Gasteiger partial charge in [0.2, 0.25) is 0 Å². The summed E-state index contributed by atoms with van der Waals surface area (Å²) in [6.45, 7) is 7.63. The summed E-state index contributed by atoms with van der Waals surface area (Å²) in [6.07, 6.45) is 0.374. The number of ether oxygens (including phenoxy) is 2. The number of hydrogen-bond donors (Lipinski definition) is 2. The second-order valence-corrected chi connectivity index (χ2v) is 8.22. The summed E-state index contributed by atoms with van der Waals surface area (Å²) in [5, 5.41) is 21.2. The van der Waals surface area contributed by atoms with E-state index in [1.54, 1.807) is 0 Å². The van der Waals surface area contributed by atoms with Crippen molar-refractivity contribution in [2.24, 2.45) is 16.7 Å². The lowest BCUT2D eigenvalue weighted by atomic mass is 9.45. The Labute approximate surface area is 157 Å². The maximum absolute atomic E-state index is 12.2. The molecule has 0 saturated heterocycles. The SMILES string of the molecule is CC(=O)OC1C=C(C=O)C(O)(C(=O)O)C2(C)C(OC(C)=O)CCC(C)(C)C12. The van der Waals surface area contributed by atoms with Gasteiger partial charge >= 0.3 is 17.9 Å². The highest BCUT2D eigenvalue weighted by Crippen LogP contribution is 2.62. The second-order valence-electron chi connectivity index (χ2n) is 8.22. The Balaban J connectivity index is 2.82. The molecule has 0 amide bonds. The van der Waals surface area contributed by atoms with E-state index in [9.17, 15) is 29.4 Å². The van der Waals surface area contributed by atoms with E-state index in [1.165, 1.54) is 26.8 Å². The van der Waals surface area contributed by atoms with Crippen molar-refractivity contribution in [2.75, 3.05) is 0 Å². The summed E-state index contributed by atoms with van der Waals surface area (Å²) in [7, 11) is 0. The van der Waals surface area contributed by atoms with Crippen LogP contribution in [0.3, 0.4) is 0 Å². The van der Waals surface area contributed by atoms with Crippen molar-refractivity contribution < 1.29 is 38.9 Å². The molecule has 0 aromatic rings. The first-order valence-corrected chi connectivity index (χ1v) is 8.80. The summed E-state index contributed by atoms with van der Waals surface area (Å²) in [5.74, 6) is -3.56. The Hall–Kier alpha value is -2.22. The number of hydrogen-bond acceptors (Lipinski definition) is 7. The summed E-state index contributed by atoms with van der Waals surface area (Å²) < 4.78 is 10.8. The predicted octanol–water partition coefficient (Wildman–Crippen LogP) is 1.25. The second kappa shape index (κ2) is 6.74. The Morgan fingerprint density at radius 3 is 2.15 bits per heavy atom. The topological polar surface area (TPSA) is 127 Å². The van der Waals surface area contributed by atoms with Crippen molar-refractivity contribution in [1.82, 2.24) is 0 Å². The number of aliphatic carboxylic acids is 1. The molecule has 2 rings (SSSR count). The normalized spacial score (nSPS) is 37.4. The molecule has 150 valence electrons. The van der Waals surface area contributed by atoms with Crippen molar-refractivity contribution in [3.63, 3.8) is 0 Å². The number of fused-ring (bicyclic) bond motifs is 1. The van der Waals surface area contributed by atoms with E-state index >= 15 is 0 Å². The largest absolute Gasteiger partial charge is 0.479 e. The fourth-order valence-electron chi connectivity index (χ4n) is 5.07. The number of carboxylic acids is 1. The first-order valence-electron chi connectivity index (χ1n) is 8.80. The van der Waals surface area contributed by atoms with Gasteiger partial charge in [-0.25, -0.2) is 4.79 Å². The number of aliphatic hydroxyl groups is 1. The standard InChI is InChI=1S/C19H26O8/c1-10(21)26-13-8-12(9-20)19(25,16(23)24)18(5)14(27-11(2)22)6-7-17(3,4)15(13)18/h8-9,13-15,25H,6-7H2,1-5H3,(H,23,24). The third-order valence-electron chi connectivity index (χ3n) is 6.12. The van der Waals surface area contributed by atoms with E-state index in [0.29, 0.717) is 12.8 Å². The van der Waals surface area contributed by atoms with Crippen molar-refractivity contribution >= 4 is 24.2 Å². The molecule has 0 spiro atoms. The summed E-state index contributed by atoms with van der Waals surface area (Å²) in [4.78, 5) is 47.2. The summed E-state index contributed by atoms with van der Waals surface area (Å²) in [6, 6.07) is 0. The zero-order valence-electron chi connectivity index (χ0n) is 16.1. The predicted molar refractivity (Wildman–Crippen MR) is 92.5 cm³/mol. The number of rotatable bonds is 4. The van der Waals surface area contributed by atoms with Crippen LogP contribution in [0.4, 0.5) is 0 Å². The van der Waals surface area contributed by atoms with Crippen LogP contribution in [0.1, 0.15) is 47.5 Å². The highest BCUT2D eigenvalue weighted by atomic mass is 16.6. The third-order valence-corrected chi connectivity index (χ3v) is 6.12. The Morgan fingerprint density at radius 2 is 1.70 bits per heavy atom. The maximum Gasteiger partial charge on any atom is 0.341 e. The Kier molecular flexibility index (Phi) is 5.27. The van der Waals surface area contributed by atoms with Gasteiger partial charge in [-0.2, -0.15) is 0 Å². The molecule has 2 aliphatic rings. The Morgan fingerprint density at radius 1 is 1.15 bits per heavy atom. The van der Waals surface area contributed by atoms with E-state index in [1.807, 2.05) is 13.8 Å². The van der Waals surface area contributed by atoms with Gasteiger partial charge in [0.05, 0.1) is 5.41 Å². The lowest BCUT2D eigenvalue weighted by Gasteiger charge is -2.61. The van der Waals surface area contributed by atoms with Crippen LogP contribution in [0.2, 0.25) is 0 Å². The van der Waals surface area contributed by atoms with Crippen LogP contribution < -0.4 is 0 Å². The molecule has 0 heterocycles. The first kappa shape index (κ1) is 21.1. The lowest BCUT2D eigenvalue weighted by molar-refractivity contribution is -0.238.